The quantitative estimate of drug-likeness (QED) is 0.784. The van der Waals surface area contributed by atoms with Gasteiger partial charge in [-0.25, -0.2) is 4.79 Å². The molecule has 0 spiro atoms. The molecule has 1 aromatic heterocycles. The van der Waals surface area contributed by atoms with Crippen molar-refractivity contribution in [2.45, 2.75) is 26.0 Å². The third kappa shape index (κ3) is 3.23. The van der Waals surface area contributed by atoms with E-state index in [2.05, 4.69) is 5.10 Å². The molecule has 1 atom stereocenters. The molecule has 0 fully saturated rings. The maximum atomic E-state index is 10.8. The van der Waals surface area contributed by atoms with Gasteiger partial charge in [0.05, 0.1) is 19.0 Å². The molecule has 1 N–H and O–H groups in total. The van der Waals surface area contributed by atoms with Crippen LogP contribution in [0.2, 0.25) is 0 Å². The number of carbonyl (C=O) groups is 1. The van der Waals surface area contributed by atoms with Gasteiger partial charge in [-0.2, -0.15) is 5.10 Å². The molecule has 16 heavy (non-hydrogen) atoms. The molecule has 1 unspecified atom stereocenters. The van der Waals surface area contributed by atoms with Crippen LogP contribution in [0.25, 0.3) is 0 Å². The molecule has 6 nitrogen and oxygen atoms in total. The van der Waals surface area contributed by atoms with E-state index in [0.717, 1.165) is 0 Å². The molecule has 0 radical (unpaired) electrons. The standard InChI is InChI=1S/C10H16N2O4/c1-7(2)12-5-8(4-11-12)16-9(6-15-3)10(13)14/h4-5,7,9H,6H2,1-3H3,(H,13,14). The van der Waals surface area contributed by atoms with Crippen LogP contribution < -0.4 is 4.74 Å². The highest BCUT2D eigenvalue weighted by Crippen LogP contribution is 2.14. The van der Waals surface area contributed by atoms with E-state index in [9.17, 15) is 4.79 Å². The summed E-state index contributed by atoms with van der Waals surface area (Å²) in [7, 11) is 1.43. The first-order valence-electron chi connectivity index (χ1n) is 4.97. The monoisotopic (exact) mass is 228 g/mol. The molecule has 0 aliphatic rings. The van der Waals surface area contributed by atoms with E-state index in [1.807, 2.05) is 13.8 Å². The average Bonchev–Trinajstić information content (AvgIpc) is 2.65. The van der Waals surface area contributed by atoms with Gasteiger partial charge in [-0.3, -0.25) is 4.68 Å². The Morgan fingerprint density at radius 1 is 1.62 bits per heavy atom. The number of hydrogen-bond donors (Lipinski definition) is 1. The highest BCUT2D eigenvalue weighted by molar-refractivity contribution is 5.72. The Balaban J connectivity index is 2.66. The number of methoxy groups -OCH3 is 1. The van der Waals surface area contributed by atoms with E-state index in [4.69, 9.17) is 14.6 Å². The summed E-state index contributed by atoms with van der Waals surface area (Å²) in [5.41, 5.74) is 0. The van der Waals surface area contributed by atoms with Gasteiger partial charge in [0.2, 0.25) is 6.10 Å². The lowest BCUT2D eigenvalue weighted by molar-refractivity contribution is -0.147. The van der Waals surface area contributed by atoms with Gasteiger partial charge in [-0.1, -0.05) is 0 Å². The molecular formula is C10H16N2O4. The van der Waals surface area contributed by atoms with Crippen LogP contribution in [0.1, 0.15) is 19.9 Å². The second kappa shape index (κ2) is 5.50. The van der Waals surface area contributed by atoms with Gasteiger partial charge < -0.3 is 14.6 Å². The summed E-state index contributed by atoms with van der Waals surface area (Å²) >= 11 is 0. The number of aliphatic carboxylic acids is 1. The minimum absolute atomic E-state index is 0.00217. The van der Waals surface area contributed by atoms with Gasteiger partial charge >= 0.3 is 5.97 Å². The first-order valence-corrected chi connectivity index (χ1v) is 4.97. The van der Waals surface area contributed by atoms with E-state index >= 15 is 0 Å². The molecule has 0 aromatic carbocycles. The Labute approximate surface area is 93.8 Å². The minimum atomic E-state index is -1.06. The van der Waals surface area contributed by atoms with Crippen LogP contribution >= 0.6 is 0 Å². The Hall–Kier alpha value is -1.56. The smallest absolute Gasteiger partial charge is 0.347 e. The van der Waals surface area contributed by atoms with E-state index in [-0.39, 0.29) is 12.6 Å². The van der Waals surface area contributed by atoms with E-state index < -0.39 is 12.1 Å². The summed E-state index contributed by atoms with van der Waals surface area (Å²) in [6, 6.07) is 0.211. The lowest BCUT2D eigenvalue weighted by atomic mass is 10.4. The zero-order chi connectivity index (χ0) is 12.1. The normalized spacial score (nSPS) is 12.8. The molecule has 1 heterocycles. The van der Waals surface area contributed by atoms with Crippen molar-refractivity contribution in [3.05, 3.63) is 12.4 Å². The first kappa shape index (κ1) is 12.5. The summed E-state index contributed by atoms with van der Waals surface area (Å²) in [5, 5.41) is 12.9. The minimum Gasteiger partial charge on any atom is -0.478 e. The summed E-state index contributed by atoms with van der Waals surface area (Å²) < 4.78 is 11.7. The Bertz CT molecular complexity index is 348. The Kier molecular flexibility index (Phi) is 4.30. The summed E-state index contributed by atoms with van der Waals surface area (Å²) in [6.07, 6.45) is 2.15. The Morgan fingerprint density at radius 3 is 2.75 bits per heavy atom. The number of rotatable bonds is 6. The predicted molar refractivity (Wildman–Crippen MR) is 56.5 cm³/mol. The van der Waals surface area contributed by atoms with Crippen molar-refractivity contribution in [1.29, 1.82) is 0 Å². The van der Waals surface area contributed by atoms with E-state index in [0.29, 0.717) is 5.75 Å². The zero-order valence-corrected chi connectivity index (χ0v) is 9.58. The molecule has 0 saturated carbocycles. The van der Waals surface area contributed by atoms with Crippen LogP contribution in [0, 0.1) is 0 Å². The maximum absolute atomic E-state index is 10.8. The van der Waals surface area contributed by atoms with Crippen LogP contribution in [-0.2, 0) is 9.53 Å². The second-order valence-electron chi connectivity index (χ2n) is 3.65. The lowest BCUT2D eigenvalue weighted by Crippen LogP contribution is -2.31. The van der Waals surface area contributed by atoms with Gasteiger partial charge in [0.15, 0.2) is 5.75 Å². The van der Waals surface area contributed by atoms with Crippen LogP contribution in [0.5, 0.6) is 5.75 Å². The number of hydrogen-bond acceptors (Lipinski definition) is 4. The highest BCUT2D eigenvalue weighted by atomic mass is 16.5. The SMILES string of the molecule is COCC(Oc1cnn(C(C)C)c1)C(=O)O. The third-order valence-corrected chi connectivity index (χ3v) is 1.98. The predicted octanol–water partition coefficient (Wildman–Crippen LogP) is 0.942. The molecular weight excluding hydrogens is 212 g/mol. The Morgan fingerprint density at radius 2 is 2.31 bits per heavy atom. The number of ether oxygens (including phenoxy) is 2. The maximum Gasteiger partial charge on any atom is 0.347 e. The fraction of sp³-hybridized carbons (Fsp3) is 0.600. The molecule has 0 aliphatic heterocycles. The zero-order valence-electron chi connectivity index (χ0n) is 9.58. The fourth-order valence-corrected chi connectivity index (χ4v) is 1.14. The van der Waals surface area contributed by atoms with Crippen LogP contribution in [0.4, 0.5) is 0 Å². The molecule has 6 heteroatoms. The van der Waals surface area contributed by atoms with Crippen LogP contribution in [0.15, 0.2) is 12.4 Å². The van der Waals surface area contributed by atoms with Gasteiger partial charge in [-0.15, -0.1) is 0 Å². The molecule has 0 bridgehead atoms. The number of nitrogens with zero attached hydrogens (tertiary/aromatic N) is 2. The van der Waals surface area contributed by atoms with Gasteiger partial charge in [-0.05, 0) is 13.8 Å². The van der Waals surface area contributed by atoms with Crippen LogP contribution in [0.3, 0.4) is 0 Å². The molecule has 1 aromatic rings. The van der Waals surface area contributed by atoms with Gasteiger partial charge in [0.25, 0.3) is 0 Å². The average molecular weight is 228 g/mol. The second-order valence-corrected chi connectivity index (χ2v) is 3.65. The number of aromatic nitrogens is 2. The number of carboxylic acids is 1. The molecule has 0 saturated heterocycles. The first-order chi connectivity index (χ1) is 7.54. The van der Waals surface area contributed by atoms with Gasteiger partial charge in [0.1, 0.15) is 0 Å². The van der Waals surface area contributed by atoms with Crippen molar-refractivity contribution < 1.29 is 19.4 Å². The molecule has 0 aliphatic carbocycles. The highest BCUT2D eigenvalue weighted by Gasteiger charge is 2.19. The van der Waals surface area contributed by atoms with Crippen molar-refractivity contribution in [2.75, 3.05) is 13.7 Å². The molecule has 90 valence electrons. The topological polar surface area (TPSA) is 73.6 Å². The lowest BCUT2D eigenvalue weighted by Gasteiger charge is -2.12. The van der Waals surface area contributed by atoms with Crippen molar-refractivity contribution in [1.82, 2.24) is 9.78 Å². The number of carboxylic acid groups (broad SMARTS) is 1. The largest absolute Gasteiger partial charge is 0.478 e. The van der Waals surface area contributed by atoms with E-state index in [1.165, 1.54) is 13.3 Å². The molecule has 1 rings (SSSR count). The van der Waals surface area contributed by atoms with Crippen molar-refractivity contribution in [3.63, 3.8) is 0 Å². The summed E-state index contributed by atoms with van der Waals surface area (Å²) in [5.74, 6) is -0.628. The fourth-order valence-electron chi connectivity index (χ4n) is 1.14. The van der Waals surface area contributed by atoms with Crippen molar-refractivity contribution in [2.24, 2.45) is 0 Å². The molecule has 0 amide bonds. The van der Waals surface area contributed by atoms with Crippen molar-refractivity contribution >= 4 is 5.97 Å². The van der Waals surface area contributed by atoms with Crippen LogP contribution in [-0.4, -0.2) is 40.7 Å². The van der Waals surface area contributed by atoms with Crippen molar-refractivity contribution in [3.8, 4) is 5.75 Å². The summed E-state index contributed by atoms with van der Waals surface area (Å²) in [4.78, 5) is 10.8. The summed E-state index contributed by atoms with van der Waals surface area (Å²) in [6.45, 7) is 3.95. The third-order valence-electron chi connectivity index (χ3n) is 1.98. The van der Waals surface area contributed by atoms with Gasteiger partial charge in [0, 0.05) is 13.2 Å². The van der Waals surface area contributed by atoms with E-state index in [1.54, 1.807) is 10.9 Å².